The van der Waals surface area contributed by atoms with Gasteiger partial charge in [0.1, 0.15) is 0 Å². The topological polar surface area (TPSA) is 127 Å². The maximum absolute atomic E-state index is 11.8. The molecule has 0 saturated carbocycles. The zero-order valence-electron chi connectivity index (χ0n) is 20.7. The van der Waals surface area contributed by atoms with Gasteiger partial charge < -0.3 is 21.3 Å². The van der Waals surface area contributed by atoms with Crippen LogP contribution in [0.1, 0.15) is 37.0 Å². The second-order valence-electron chi connectivity index (χ2n) is 6.74. The van der Waals surface area contributed by atoms with Gasteiger partial charge in [-0.15, -0.1) is 10.2 Å². The molecule has 0 radical (unpaired) electrons. The monoisotopic (exact) mass is 400 g/mol. The highest BCUT2D eigenvalue weighted by atomic mass is 16.1. The lowest BCUT2D eigenvalue weighted by Gasteiger charge is -2.15. The van der Waals surface area contributed by atoms with Crippen LogP contribution in [0.5, 0.6) is 0 Å². The summed E-state index contributed by atoms with van der Waals surface area (Å²) >= 11 is 0. The summed E-state index contributed by atoms with van der Waals surface area (Å²) < 4.78 is 39.2. The van der Waals surface area contributed by atoms with E-state index < -0.39 is 19.3 Å². The number of carbonyl (C=O) groups is 1. The van der Waals surface area contributed by atoms with Gasteiger partial charge in [-0.1, -0.05) is 0 Å². The molecule has 152 valence electrons. The Labute approximate surface area is 175 Å². The third kappa shape index (κ3) is 4.27. The van der Waals surface area contributed by atoms with E-state index in [1.807, 2.05) is 0 Å². The van der Waals surface area contributed by atoms with Crippen molar-refractivity contribution >= 4 is 34.3 Å². The van der Waals surface area contributed by atoms with Crippen molar-refractivity contribution in [3.8, 4) is 0 Å². The minimum absolute atomic E-state index is 0.107. The van der Waals surface area contributed by atoms with E-state index in [0.717, 1.165) is 24.3 Å². The van der Waals surface area contributed by atoms with Gasteiger partial charge in [-0.25, -0.2) is 0 Å². The highest BCUT2D eigenvalue weighted by Gasteiger charge is 2.16. The molecule has 2 aromatic heterocycles. The molecule has 1 aliphatic heterocycles. The van der Waals surface area contributed by atoms with Gasteiger partial charge in [-0.05, 0) is 51.0 Å². The highest BCUT2D eigenvalue weighted by molar-refractivity contribution is 5.96. The van der Waals surface area contributed by atoms with Crippen LogP contribution >= 0.6 is 0 Å². The van der Waals surface area contributed by atoms with Crippen molar-refractivity contribution in [1.82, 2.24) is 29.9 Å². The predicted molar refractivity (Wildman–Crippen MR) is 111 cm³/mol. The molecule has 1 aliphatic rings. The number of nitrogens with two attached hydrogens (primary N) is 1. The van der Waals surface area contributed by atoms with Crippen LogP contribution in [0, 0.1) is 0 Å². The molecule has 1 aromatic carbocycles. The molecule has 3 heterocycles. The molecule has 4 rings (SSSR count). The van der Waals surface area contributed by atoms with Crippen LogP contribution < -0.4 is 16.4 Å². The molecule has 0 atom stereocenters. The average Bonchev–Trinajstić information content (AvgIpc) is 3.42. The van der Waals surface area contributed by atoms with Crippen molar-refractivity contribution < 1.29 is 11.6 Å². The highest BCUT2D eigenvalue weighted by Crippen LogP contribution is 2.23. The van der Waals surface area contributed by atoms with Crippen LogP contribution in [0.4, 0.5) is 17.5 Å². The Bertz CT molecular complexity index is 1190. The van der Waals surface area contributed by atoms with Gasteiger partial charge >= 0.3 is 0 Å². The number of anilines is 3. The van der Waals surface area contributed by atoms with Gasteiger partial charge in [-0.2, -0.15) is 10.1 Å². The number of hydrogen-bond donors (Lipinski definition) is 3. The summed E-state index contributed by atoms with van der Waals surface area (Å²) in [5.41, 5.74) is 6.08. The summed E-state index contributed by atoms with van der Waals surface area (Å²) in [6, 6.07) is 4.74. The average molecular weight is 401 g/mol. The first-order chi connectivity index (χ1) is 16.1. The van der Waals surface area contributed by atoms with Gasteiger partial charge in [0, 0.05) is 34.8 Å². The smallest absolute Gasteiger partial charge is 0.273 e. The number of likely N-dealkylation sites (tertiary alicyclic amines) is 1. The molecule has 29 heavy (non-hydrogen) atoms. The van der Waals surface area contributed by atoms with Crippen LogP contribution in [0.15, 0.2) is 24.4 Å². The van der Waals surface area contributed by atoms with Gasteiger partial charge in [-0.3, -0.25) is 9.48 Å². The van der Waals surface area contributed by atoms with Crippen molar-refractivity contribution in [2.75, 3.05) is 36.8 Å². The van der Waals surface area contributed by atoms with Crippen LogP contribution in [-0.2, 0) is 6.50 Å². The predicted octanol–water partition coefficient (Wildman–Crippen LogP) is 1.59. The normalized spacial score (nSPS) is 17.9. The molecule has 4 N–H and O–H groups in total. The first-order valence-corrected chi connectivity index (χ1v) is 9.32. The molecular weight excluding hydrogens is 370 g/mol. The largest absolute Gasteiger partial charge is 0.364 e. The number of primary amides is 1. The zero-order valence-corrected chi connectivity index (χ0v) is 15.7. The second-order valence-corrected chi connectivity index (χ2v) is 6.74. The van der Waals surface area contributed by atoms with Crippen LogP contribution in [0.2, 0.25) is 0 Å². The number of benzene rings is 1. The van der Waals surface area contributed by atoms with E-state index in [-0.39, 0.29) is 17.5 Å². The van der Waals surface area contributed by atoms with E-state index in [9.17, 15) is 4.79 Å². The lowest BCUT2D eigenvalue weighted by molar-refractivity contribution is 0.0995. The van der Waals surface area contributed by atoms with Gasteiger partial charge in [0.15, 0.2) is 11.5 Å². The van der Waals surface area contributed by atoms with Crippen LogP contribution in [0.3, 0.4) is 0 Å². The molecule has 1 saturated heterocycles. The van der Waals surface area contributed by atoms with E-state index in [0.29, 0.717) is 23.1 Å². The Morgan fingerprint density at radius 2 is 2.21 bits per heavy atom. The number of hydrogen-bond acceptors (Lipinski definition) is 8. The number of amides is 1. The molecule has 10 nitrogen and oxygen atoms in total. The number of nitrogens with zero attached hydrogens (tertiary/aromatic N) is 6. The Balaban J connectivity index is 1.55. The van der Waals surface area contributed by atoms with E-state index in [1.54, 1.807) is 12.1 Å². The number of carbonyl (C=O) groups excluding carboxylic acids is 1. The Hall–Kier alpha value is -3.27. The lowest BCUT2D eigenvalue weighted by Crippen LogP contribution is -2.27. The minimum atomic E-state index is -2.90. The van der Waals surface area contributed by atoms with Crippen LogP contribution in [0.25, 0.3) is 10.9 Å². The lowest BCUT2D eigenvalue weighted by atomic mass is 10.2. The maximum Gasteiger partial charge on any atom is 0.273 e. The number of aromatic nitrogens is 5. The fraction of sp³-hybridized carbons (Fsp3) is 0.421. The molecule has 0 aliphatic carbocycles. The Kier molecular flexibility index (Phi) is 4.00. The number of nitrogens with one attached hydrogen (secondary N) is 2. The minimum Gasteiger partial charge on any atom is -0.364 e. The molecular formula is C19H25N9O. The van der Waals surface area contributed by atoms with Crippen molar-refractivity contribution in [2.24, 2.45) is 5.73 Å². The standard InChI is InChI=1S/C19H25N9O/c1-2-28-15-6-5-14(11-13(15)12-22-28)23-18-16(17(20)29)25-26-19(24-18)21-7-10-27-8-3-4-9-27/h5-6,11-12H,2-4,7-10H2,1H3,(H2,20,29)(H2,21,23,24,26)/i1D3,2D2. The Morgan fingerprint density at radius 3 is 3.00 bits per heavy atom. The number of aryl methyl sites for hydroxylation is 1. The third-order valence-electron chi connectivity index (χ3n) is 4.77. The SMILES string of the molecule is [2H]C([2H])([2H])C([2H])([2H])n1ncc2cc(Nc3nc(NCCN4CCCC4)nnc3C(N)=O)ccc21. The summed E-state index contributed by atoms with van der Waals surface area (Å²) in [5.74, 6) is -0.451. The van der Waals surface area contributed by atoms with Gasteiger partial charge in [0.2, 0.25) is 5.95 Å². The summed E-state index contributed by atoms with van der Waals surface area (Å²) in [7, 11) is 0. The van der Waals surface area contributed by atoms with Crippen molar-refractivity contribution in [3.63, 3.8) is 0 Å². The zero-order chi connectivity index (χ0) is 24.5. The van der Waals surface area contributed by atoms with E-state index in [1.165, 1.54) is 25.1 Å². The molecule has 3 aromatic rings. The molecule has 1 amide bonds. The molecule has 0 bridgehead atoms. The summed E-state index contributed by atoms with van der Waals surface area (Å²) in [6.07, 6.45) is 3.76. The van der Waals surface area contributed by atoms with Crippen molar-refractivity contribution in [3.05, 3.63) is 30.1 Å². The summed E-state index contributed by atoms with van der Waals surface area (Å²) in [5, 5.41) is 18.3. The van der Waals surface area contributed by atoms with E-state index in [4.69, 9.17) is 12.6 Å². The quantitative estimate of drug-likeness (QED) is 0.520. The van der Waals surface area contributed by atoms with Gasteiger partial charge in [0.05, 0.1) is 14.5 Å². The van der Waals surface area contributed by atoms with Gasteiger partial charge in [0.25, 0.3) is 5.91 Å². The fourth-order valence-corrected chi connectivity index (χ4v) is 3.32. The van der Waals surface area contributed by atoms with Crippen LogP contribution in [-0.4, -0.2) is 61.9 Å². The molecule has 0 unspecified atom stereocenters. The molecule has 10 heteroatoms. The molecule has 1 fully saturated rings. The van der Waals surface area contributed by atoms with E-state index >= 15 is 0 Å². The third-order valence-corrected chi connectivity index (χ3v) is 4.77. The summed E-state index contributed by atoms with van der Waals surface area (Å²) in [4.78, 5) is 18.5. The first-order valence-electron chi connectivity index (χ1n) is 11.8. The number of fused-ring (bicyclic) bond motifs is 1. The fourth-order valence-electron chi connectivity index (χ4n) is 3.32. The summed E-state index contributed by atoms with van der Waals surface area (Å²) in [6.45, 7) is -1.98. The van der Waals surface area contributed by atoms with Crippen molar-refractivity contribution in [2.45, 2.75) is 26.2 Å². The molecule has 0 spiro atoms. The van der Waals surface area contributed by atoms with E-state index in [2.05, 4.69) is 35.8 Å². The maximum atomic E-state index is 11.8. The first kappa shape index (κ1) is 13.8. The number of rotatable bonds is 8. The Morgan fingerprint density at radius 1 is 1.34 bits per heavy atom. The second kappa shape index (κ2) is 8.39. The van der Waals surface area contributed by atoms with Crippen molar-refractivity contribution in [1.29, 1.82) is 0 Å².